The van der Waals surface area contributed by atoms with Crippen molar-refractivity contribution in [3.05, 3.63) is 56.1 Å². The van der Waals surface area contributed by atoms with E-state index in [0.717, 1.165) is 44.2 Å². The van der Waals surface area contributed by atoms with Gasteiger partial charge in [0.2, 0.25) is 0 Å². The standard InChI is InChI=1S/C17H13BrN2O2S2/c1-22-12-4-2-11(3-5-12)20-15(21)8-10-6-7-23-17-13(16(10)19-20)9-14(18)24-17/h2-5,8-9H,6-7H2,1H3. The molecule has 122 valence electrons. The van der Waals surface area contributed by atoms with Gasteiger partial charge >= 0.3 is 0 Å². The lowest BCUT2D eigenvalue weighted by atomic mass is 10.1. The lowest BCUT2D eigenvalue weighted by molar-refractivity contribution is 0.414. The van der Waals surface area contributed by atoms with E-state index in [-0.39, 0.29) is 5.56 Å². The van der Waals surface area contributed by atoms with Gasteiger partial charge in [-0.2, -0.15) is 9.78 Å². The summed E-state index contributed by atoms with van der Waals surface area (Å²) >= 11 is 7.09. The van der Waals surface area contributed by atoms with Gasteiger partial charge < -0.3 is 4.74 Å². The van der Waals surface area contributed by atoms with Crippen molar-refractivity contribution in [2.24, 2.45) is 0 Å². The largest absolute Gasteiger partial charge is 0.497 e. The molecule has 7 heteroatoms. The minimum absolute atomic E-state index is 0.110. The van der Waals surface area contributed by atoms with Crippen LogP contribution in [-0.4, -0.2) is 22.6 Å². The van der Waals surface area contributed by atoms with Crippen LogP contribution in [0.25, 0.3) is 16.9 Å². The molecule has 0 atom stereocenters. The van der Waals surface area contributed by atoms with Crippen molar-refractivity contribution in [3.63, 3.8) is 0 Å². The van der Waals surface area contributed by atoms with E-state index in [1.807, 2.05) is 36.0 Å². The van der Waals surface area contributed by atoms with Crippen LogP contribution in [0.1, 0.15) is 5.56 Å². The minimum atomic E-state index is -0.110. The number of ether oxygens (including phenoxy) is 1. The molecule has 24 heavy (non-hydrogen) atoms. The Hall–Kier alpha value is -1.57. The number of hydrogen-bond acceptors (Lipinski definition) is 5. The van der Waals surface area contributed by atoms with E-state index in [2.05, 4.69) is 27.1 Å². The topological polar surface area (TPSA) is 44.1 Å². The van der Waals surface area contributed by atoms with Gasteiger partial charge in [-0.3, -0.25) is 4.79 Å². The Morgan fingerprint density at radius 3 is 2.79 bits per heavy atom. The number of rotatable bonds is 2. The van der Waals surface area contributed by atoms with E-state index < -0.39 is 0 Å². The molecule has 2 aromatic heterocycles. The highest BCUT2D eigenvalue weighted by molar-refractivity contribution is 9.11. The van der Waals surface area contributed by atoms with Gasteiger partial charge in [-0.25, -0.2) is 0 Å². The predicted octanol–water partition coefficient (Wildman–Crippen LogP) is 4.38. The van der Waals surface area contributed by atoms with Gasteiger partial charge in [0.25, 0.3) is 5.56 Å². The number of aromatic nitrogens is 2. The van der Waals surface area contributed by atoms with Crippen LogP contribution < -0.4 is 10.3 Å². The van der Waals surface area contributed by atoms with Crippen LogP contribution in [0.3, 0.4) is 0 Å². The van der Waals surface area contributed by atoms with E-state index in [0.29, 0.717) is 0 Å². The van der Waals surface area contributed by atoms with Gasteiger partial charge in [-0.05, 0) is 58.2 Å². The summed E-state index contributed by atoms with van der Waals surface area (Å²) < 4.78 is 8.96. The molecule has 0 saturated heterocycles. The molecule has 1 aliphatic rings. The van der Waals surface area contributed by atoms with E-state index in [1.54, 1.807) is 24.5 Å². The molecule has 0 aliphatic carbocycles. The number of benzene rings is 1. The molecule has 0 amide bonds. The fraction of sp³-hybridized carbons (Fsp3) is 0.176. The summed E-state index contributed by atoms with van der Waals surface area (Å²) in [6.45, 7) is 0. The van der Waals surface area contributed by atoms with Gasteiger partial charge in [-0.1, -0.05) is 0 Å². The highest BCUT2D eigenvalue weighted by Crippen LogP contribution is 2.43. The summed E-state index contributed by atoms with van der Waals surface area (Å²) in [5.74, 6) is 1.71. The number of nitrogens with zero attached hydrogens (tertiary/aromatic N) is 2. The number of thiophene rings is 1. The first-order valence-corrected chi connectivity index (χ1v) is 9.95. The van der Waals surface area contributed by atoms with E-state index in [9.17, 15) is 4.79 Å². The van der Waals surface area contributed by atoms with Crippen molar-refractivity contribution in [1.29, 1.82) is 0 Å². The van der Waals surface area contributed by atoms with Gasteiger partial charge in [0, 0.05) is 17.4 Å². The zero-order valence-corrected chi connectivity index (χ0v) is 16.0. The Bertz CT molecular complexity index is 964. The van der Waals surface area contributed by atoms with Gasteiger partial charge in [0.1, 0.15) is 5.75 Å². The molecule has 1 aliphatic heterocycles. The maximum absolute atomic E-state index is 12.5. The van der Waals surface area contributed by atoms with Crippen molar-refractivity contribution in [2.75, 3.05) is 12.9 Å². The Kier molecular flexibility index (Phi) is 4.24. The number of methoxy groups -OCH3 is 1. The first kappa shape index (κ1) is 15.9. The molecule has 0 fully saturated rings. The third-order valence-electron chi connectivity index (χ3n) is 3.86. The fourth-order valence-electron chi connectivity index (χ4n) is 2.69. The number of aryl methyl sites for hydroxylation is 1. The van der Waals surface area contributed by atoms with Crippen LogP contribution in [0, 0.1) is 0 Å². The molecule has 0 radical (unpaired) electrons. The van der Waals surface area contributed by atoms with E-state index in [4.69, 9.17) is 4.74 Å². The summed E-state index contributed by atoms with van der Waals surface area (Å²) in [7, 11) is 1.62. The Morgan fingerprint density at radius 1 is 1.25 bits per heavy atom. The highest BCUT2D eigenvalue weighted by atomic mass is 79.9. The number of thioether (sulfide) groups is 1. The first-order chi connectivity index (χ1) is 11.7. The van der Waals surface area contributed by atoms with Gasteiger partial charge in [-0.15, -0.1) is 23.1 Å². The van der Waals surface area contributed by atoms with Gasteiger partial charge in [0.15, 0.2) is 0 Å². The molecule has 0 N–H and O–H groups in total. The van der Waals surface area contributed by atoms with Crippen molar-refractivity contribution >= 4 is 39.0 Å². The zero-order valence-electron chi connectivity index (χ0n) is 12.8. The maximum Gasteiger partial charge on any atom is 0.271 e. The second-order valence-corrected chi connectivity index (χ2v) is 9.11. The van der Waals surface area contributed by atoms with E-state index in [1.165, 1.54) is 8.89 Å². The fourth-order valence-corrected chi connectivity index (χ4v) is 5.92. The maximum atomic E-state index is 12.5. The second-order valence-electron chi connectivity index (χ2n) is 5.32. The van der Waals surface area contributed by atoms with Crippen LogP contribution in [0.2, 0.25) is 0 Å². The zero-order chi connectivity index (χ0) is 16.7. The predicted molar refractivity (Wildman–Crippen MR) is 102 cm³/mol. The van der Waals surface area contributed by atoms with Crippen molar-refractivity contribution in [1.82, 2.24) is 9.78 Å². The normalized spacial score (nSPS) is 13.1. The third-order valence-corrected chi connectivity index (χ3v) is 6.78. The highest BCUT2D eigenvalue weighted by Gasteiger charge is 2.21. The Balaban J connectivity index is 1.90. The average Bonchev–Trinajstić information content (AvgIpc) is 2.88. The van der Waals surface area contributed by atoms with Crippen molar-refractivity contribution in [3.8, 4) is 22.7 Å². The van der Waals surface area contributed by atoms with Crippen LogP contribution in [0.5, 0.6) is 5.75 Å². The van der Waals surface area contributed by atoms with Crippen molar-refractivity contribution in [2.45, 2.75) is 10.6 Å². The van der Waals surface area contributed by atoms with E-state index >= 15 is 0 Å². The molecular formula is C17H13BrN2O2S2. The summed E-state index contributed by atoms with van der Waals surface area (Å²) in [6.07, 6.45) is 0.852. The third kappa shape index (κ3) is 2.81. The molecule has 3 aromatic rings. The number of halogens is 1. The molecule has 0 spiro atoms. The first-order valence-electron chi connectivity index (χ1n) is 7.36. The van der Waals surface area contributed by atoms with Crippen LogP contribution >= 0.6 is 39.0 Å². The summed E-state index contributed by atoms with van der Waals surface area (Å²) in [5.41, 5.74) is 3.64. The molecule has 0 saturated carbocycles. The molecule has 1 aromatic carbocycles. The summed E-state index contributed by atoms with van der Waals surface area (Å²) in [6, 6.07) is 11.2. The number of fused-ring (bicyclic) bond motifs is 3. The molecule has 4 nitrogen and oxygen atoms in total. The van der Waals surface area contributed by atoms with Gasteiger partial charge in [0.05, 0.1) is 26.5 Å². The van der Waals surface area contributed by atoms with Crippen molar-refractivity contribution < 1.29 is 4.74 Å². The SMILES string of the molecule is COc1ccc(-n2nc3c(cc2=O)CCSc2sc(Br)cc2-3)cc1. The summed E-state index contributed by atoms with van der Waals surface area (Å²) in [5, 5.41) is 4.69. The molecule has 3 heterocycles. The smallest absolute Gasteiger partial charge is 0.271 e. The molecule has 0 unspecified atom stereocenters. The van der Waals surface area contributed by atoms with Crippen LogP contribution in [-0.2, 0) is 6.42 Å². The lowest BCUT2D eigenvalue weighted by Gasteiger charge is -2.10. The number of hydrogen-bond donors (Lipinski definition) is 0. The Labute approximate surface area is 155 Å². The van der Waals surface area contributed by atoms with Crippen LogP contribution in [0.4, 0.5) is 0 Å². The monoisotopic (exact) mass is 420 g/mol. The molecule has 0 bridgehead atoms. The lowest BCUT2D eigenvalue weighted by Crippen LogP contribution is -2.22. The quantitative estimate of drug-likeness (QED) is 0.616. The van der Waals surface area contributed by atoms with Crippen LogP contribution in [0.15, 0.2) is 49.2 Å². The minimum Gasteiger partial charge on any atom is -0.497 e. The second kappa shape index (κ2) is 6.38. The average molecular weight is 421 g/mol. The molecular weight excluding hydrogens is 408 g/mol. The Morgan fingerprint density at radius 2 is 2.04 bits per heavy atom. The molecule has 4 rings (SSSR count). The summed E-state index contributed by atoms with van der Waals surface area (Å²) in [4.78, 5) is 12.5.